The van der Waals surface area contributed by atoms with Crippen LogP contribution in [0.3, 0.4) is 0 Å². The number of hydrogen-bond donors (Lipinski definition) is 0. The van der Waals surface area contributed by atoms with Crippen LogP contribution in [0.4, 0.5) is 0 Å². The van der Waals surface area contributed by atoms with E-state index in [1.165, 1.54) is 33.0 Å². The van der Waals surface area contributed by atoms with Crippen LogP contribution < -0.4 is 0 Å². The Labute approximate surface area is 204 Å². The van der Waals surface area contributed by atoms with Gasteiger partial charge in [0.1, 0.15) is 11.5 Å². The SMILES string of the molecule is Cc1ccc2c(c1)c1ccccc1n2-c1cccc(C#N)c1C1C=Cc2oc3c(c2C1)CCC=C3. The summed E-state index contributed by atoms with van der Waals surface area (Å²) in [7, 11) is 0. The second kappa shape index (κ2) is 7.61. The number of allylic oxidation sites excluding steroid dienone is 2. The lowest BCUT2D eigenvalue weighted by Crippen LogP contribution is -2.12. The lowest BCUT2D eigenvalue weighted by Gasteiger charge is -2.23. The Hall–Kier alpha value is -4.29. The third-order valence-corrected chi connectivity index (χ3v) is 7.56. The molecule has 3 heteroatoms. The Morgan fingerprint density at radius 1 is 0.914 bits per heavy atom. The molecule has 1 atom stereocenters. The van der Waals surface area contributed by atoms with E-state index in [0.29, 0.717) is 0 Å². The Morgan fingerprint density at radius 3 is 2.69 bits per heavy atom. The van der Waals surface area contributed by atoms with Gasteiger partial charge in [-0.05, 0) is 68.7 Å². The van der Waals surface area contributed by atoms with E-state index in [0.717, 1.165) is 53.1 Å². The van der Waals surface area contributed by atoms with Gasteiger partial charge in [-0.1, -0.05) is 48.0 Å². The van der Waals surface area contributed by atoms with Crippen LogP contribution in [0.1, 0.15) is 51.7 Å². The van der Waals surface area contributed by atoms with Gasteiger partial charge in [0.05, 0.1) is 28.4 Å². The highest BCUT2D eigenvalue weighted by Crippen LogP contribution is 2.42. The van der Waals surface area contributed by atoms with E-state index in [2.05, 4.69) is 90.4 Å². The number of para-hydroxylation sites is 1. The number of nitriles is 1. The predicted octanol–water partition coefficient (Wildman–Crippen LogP) is 7.87. The number of aryl methyl sites for hydroxylation is 1. The lowest BCUT2D eigenvalue weighted by molar-refractivity contribution is 0.536. The second-order valence-electron chi connectivity index (χ2n) is 9.62. The van der Waals surface area contributed by atoms with Crippen LogP contribution >= 0.6 is 0 Å². The van der Waals surface area contributed by atoms with Crippen molar-refractivity contribution in [1.29, 1.82) is 5.26 Å². The average Bonchev–Trinajstić information content (AvgIpc) is 3.43. The van der Waals surface area contributed by atoms with Gasteiger partial charge in [0.2, 0.25) is 0 Å². The highest BCUT2D eigenvalue weighted by atomic mass is 16.3. The maximum atomic E-state index is 10.2. The molecule has 168 valence electrons. The Kier molecular flexibility index (Phi) is 4.38. The minimum atomic E-state index is 0.0996. The van der Waals surface area contributed by atoms with Crippen molar-refractivity contribution in [3.05, 3.63) is 112 Å². The zero-order chi connectivity index (χ0) is 23.5. The van der Waals surface area contributed by atoms with Crippen LogP contribution in [0.2, 0.25) is 0 Å². The Balaban J connectivity index is 1.47. The monoisotopic (exact) mass is 452 g/mol. The summed E-state index contributed by atoms with van der Waals surface area (Å²) in [6.45, 7) is 2.14. The van der Waals surface area contributed by atoms with Crippen LogP contribution in [0.25, 0.3) is 39.6 Å². The van der Waals surface area contributed by atoms with Gasteiger partial charge in [-0.3, -0.25) is 0 Å². The van der Waals surface area contributed by atoms with E-state index in [1.807, 2.05) is 12.1 Å². The molecule has 0 saturated heterocycles. The van der Waals surface area contributed by atoms with Crippen molar-refractivity contribution in [2.24, 2.45) is 0 Å². The number of nitrogens with zero attached hydrogens (tertiary/aromatic N) is 2. The minimum absolute atomic E-state index is 0.0996. The van der Waals surface area contributed by atoms with Gasteiger partial charge in [-0.15, -0.1) is 0 Å². The van der Waals surface area contributed by atoms with E-state index in [1.54, 1.807) is 0 Å². The van der Waals surface area contributed by atoms with Crippen molar-refractivity contribution in [2.75, 3.05) is 0 Å². The van der Waals surface area contributed by atoms with Crippen LogP contribution in [0, 0.1) is 18.3 Å². The van der Waals surface area contributed by atoms with E-state index < -0.39 is 0 Å². The van der Waals surface area contributed by atoms with Gasteiger partial charge in [0, 0.05) is 33.4 Å². The molecule has 0 aliphatic heterocycles. The lowest BCUT2D eigenvalue weighted by atomic mass is 9.82. The zero-order valence-corrected chi connectivity index (χ0v) is 19.6. The summed E-state index contributed by atoms with van der Waals surface area (Å²) in [6, 6.07) is 23.8. The first-order chi connectivity index (χ1) is 17.2. The molecule has 5 aromatic rings. The van der Waals surface area contributed by atoms with Gasteiger partial charge in [0.15, 0.2) is 0 Å². The number of furan rings is 1. The Bertz CT molecular complexity index is 1750. The molecular formula is C32H24N2O. The molecular weight excluding hydrogens is 428 g/mol. The smallest absolute Gasteiger partial charge is 0.130 e. The van der Waals surface area contributed by atoms with Gasteiger partial charge in [0.25, 0.3) is 0 Å². The summed E-state index contributed by atoms with van der Waals surface area (Å²) in [6.07, 6.45) is 11.5. The third kappa shape index (κ3) is 2.97. The first-order valence-corrected chi connectivity index (χ1v) is 12.3. The first kappa shape index (κ1) is 20.1. The fraction of sp³-hybridized carbons (Fsp3) is 0.156. The number of fused-ring (bicyclic) bond motifs is 6. The van der Waals surface area contributed by atoms with Gasteiger partial charge in [-0.25, -0.2) is 0 Å². The van der Waals surface area contributed by atoms with Crippen LogP contribution in [0.5, 0.6) is 0 Å². The maximum Gasteiger partial charge on any atom is 0.130 e. The summed E-state index contributed by atoms with van der Waals surface area (Å²) in [5.41, 5.74) is 9.10. The topological polar surface area (TPSA) is 41.9 Å². The Morgan fingerprint density at radius 2 is 1.77 bits per heavy atom. The largest absolute Gasteiger partial charge is 0.457 e. The molecule has 2 heterocycles. The number of aromatic nitrogens is 1. The summed E-state index contributed by atoms with van der Waals surface area (Å²) in [5, 5.41) is 12.6. The van der Waals surface area contributed by atoms with E-state index in [4.69, 9.17) is 4.42 Å². The second-order valence-corrected chi connectivity index (χ2v) is 9.62. The first-order valence-electron chi connectivity index (χ1n) is 12.3. The molecule has 0 fully saturated rings. The summed E-state index contributed by atoms with van der Waals surface area (Å²) < 4.78 is 8.50. The summed E-state index contributed by atoms with van der Waals surface area (Å²) in [5.74, 6) is 2.07. The molecule has 0 radical (unpaired) electrons. The molecule has 1 unspecified atom stereocenters. The fourth-order valence-electron chi connectivity index (χ4n) is 6.00. The van der Waals surface area contributed by atoms with Gasteiger partial charge in [-0.2, -0.15) is 5.26 Å². The third-order valence-electron chi connectivity index (χ3n) is 7.56. The normalized spacial score (nSPS) is 16.4. The fourth-order valence-corrected chi connectivity index (χ4v) is 6.00. The number of rotatable bonds is 2. The van der Waals surface area contributed by atoms with Crippen molar-refractivity contribution in [2.45, 2.75) is 32.1 Å². The van der Waals surface area contributed by atoms with Crippen LogP contribution in [0.15, 0.2) is 77.2 Å². The molecule has 3 nitrogen and oxygen atoms in total. The van der Waals surface area contributed by atoms with Gasteiger partial charge < -0.3 is 8.98 Å². The standard InChI is InChI=1S/C32H24N2O/c1-20-13-15-28-25(17-20)23-8-2-4-10-27(23)34(28)29-11-6-7-22(19-33)32(29)21-14-16-31-26(18-21)24-9-3-5-12-30(24)35-31/h2,4-8,10-17,21H,3,9,18H2,1H3. The molecule has 2 aliphatic rings. The molecule has 0 bridgehead atoms. The van der Waals surface area contributed by atoms with Crippen molar-refractivity contribution in [1.82, 2.24) is 4.57 Å². The maximum absolute atomic E-state index is 10.2. The van der Waals surface area contributed by atoms with Crippen molar-refractivity contribution in [3.8, 4) is 11.8 Å². The minimum Gasteiger partial charge on any atom is -0.457 e. The molecule has 0 saturated carbocycles. The van der Waals surface area contributed by atoms with E-state index in [9.17, 15) is 5.26 Å². The van der Waals surface area contributed by atoms with Crippen LogP contribution in [-0.2, 0) is 12.8 Å². The molecule has 3 aromatic carbocycles. The highest BCUT2D eigenvalue weighted by Gasteiger charge is 2.28. The summed E-state index contributed by atoms with van der Waals surface area (Å²) >= 11 is 0. The quantitative estimate of drug-likeness (QED) is 0.273. The molecule has 7 rings (SSSR count). The molecule has 0 N–H and O–H groups in total. The van der Waals surface area contributed by atoms with Crippen molar-refractivity contribution >= 4 is 34.0 Å². The van der Waals surface area contributed by atoms with Crippen LogP contribution in [-0.4, -0.2) is 4.57 Å². The van der Waals surface area contributed by atoms with Crippen molar-refractivity contribution in [3.63, 3.8) is 0 Å². The van der Waals surface area contributed by atoms with Gasteiger partial charge >= 0.3 is 0 Å². The molecule has 35 heavy (non-hydrogen) atoms. The summed E-state index contributed by atoms with van der Waals surface area (Å²) in [4.78, 5) is 0. The highest BCUT2D eigenvalue weighted by molar-refractivity contribution is 6.09. The molecule has 2 aromatic heterocycles. The number of benzene rings is 3. The zero-order valence-electron chi connectivity index (χ0n) is 19.6. The van der Waals surface area contributed by atoms with E-state index in [-0.39, 0.29) is 5.92 Å². The van der Waals surface area contributed by atoms with E-state index >= 15 is 0 Å². The molecule has 0 amide bonds. The predicted molar refractivity (Wildman–Crippen MR) is 142 cm³/mol. The average molecular weight is 453 g/mol. The number of hydrogen-bond acceptors (Lipinski definition) is 2. The molecule has 0 spiro atoms. The molecule has 2 aliphatic carbocycles. The van der Waals surface area contributed by atoms with Crippen molar-refractivity contribution < 1.29 is 4.42 Å².